The van der Waals surface area contributed by atoms with E-state index < -0.39 is 0 Å². The van der Waals surface area contributed by atoms with E-state index in [9.17, 15) is 19.2 Å². The predicted molar refractivity (Wildman–Crippen MR) is 188 cm³/mol. The summed E-state index contributed by atoms with van der Waals surface area (Å²) in [5.74, 6) is 2.00. The molecule has 4 heterocycles. The summed E-state index contributed by atoms with van der Waals surface area (Å²) in [5.41, 5.74) is 0. The van der Waals surface area contributed by atoms with Gasteiger partial charge in [-0.25, -0.2) is 9.59 Å². The van der Waals surface area contributed by atoms with E-state index in [-0.39, 0.29) is 48.0 Å². The number of hydrogen-bond acceptors (Lipinski definition) is 11. The van der Waals surface area contributed by atoms with Crippen LogP contribution in [0.5, 0.6) is 0 Å². The molecule has 0 saturated carbocycles. The van der Waals surface area contributed by atoms with Crippen LogP contribution in [0.3, 0.4) is 0 Å². The zero-order chi connectivity index (χ0) is 34.5. The smallest absolute Gasteiger partial charge is 0.315 e. The Balaban J connectivity index is 0.794. The van der Waals surface area contributed by atoms with Crippen molar-refractivity contribution in [3.05, 3.63) is 0 Å². The third-order valence-electron chi connectivity index (χ3n) is 8.79. The van der Waals surface area contributed by atoms with Crippen molar-refractivity contribution in [3.63, 3.8) is 0 Å². The lowest BCUT2D eigenvalue weighted by Crippen LogP contribution is -2.36. The van der Waals surface area contributed by atoms with Crippen LogP contribution < -0.4 is 31.9 Å². The minimum absolute atomic E-state index is 0.0400. The Morgan fingerprint density at radius 1 is 0.551 bits per heavy atom. The van der Waals surface area contributed by atoms with Crippen LogP contribution in [-0.2, 0) is 33.3 Å². The Morgan fingerprint density at radius 2 is 0.918 bits per heavy atom. The van der Waals surface area contributed by atoms with E-state index in [4.69, 9.17) is 23.7 Å². The number of amides is 6. The van der Waals surface area contributed by atoms with Gasteiger partial charge in [0.2, 0.25) is 11.8 Å². The lowest BCUT2D eigenvalue weighted by molar-refractivity contribution is -0.122. The van der Waals surface area contributed by atoms with Crippen molar-refractivity contribution in [1.82, 2.24) is 31.9 Å². The molecule has 6 amide bonds. The van der Waals surface area contributed by atoms with Crippen molar-refractivity contribution in [2.24, 2.45) is 0 Å². The minimum atomic E-state index is -0.0622. The molecule has 0 spiro atoms. The van der Waals surface area contributed by atoms with Gasteiger partial charge in [0.15, 0.2) is 0 Å². The molecule has 4 aliphatic heterocycles. The van der Waals surface area contributed by atoms with E-state index >= 15 is 0 Å². The Labute approximate surface area is 298 Å². The summed E-state index contributed by atoms with van der Waals surface area (Å²) < 4.78 is 27.5. The maximum absolute atomic E-state index is 12.0. The number of rotatable bonds is 28. The van der Waals surface area contributed by atoms with Crippen LogP contribution in [-0.4, -0.2) is 149 Å². The summed E-state index contributed by atoms with van der Waals surface area (Å²) in [6.45, 7) is 5.56. The molecule has 0 aromatic carbocycles. The van der Waals surface area contributed by atoms with Crippen LogP contribution in [0, 0.1) is 0 Å². The second-order valence-electron chi connectivity index (χ2n) is 12.5. The first-order valence-corrected chi connectivity index (χ1v) is 19.9. The van der Waals surface area contributed by atoms with Gasteiger partial charge in [-0.1, -0.05) is 12.8 Å². The fourth-order valence-electron chi connectivity index (χ4n) is 6.23. The van der Waals surface area contributed by atoms with Crippen molar-refractivity contribution in [1.29, 1.82) is 0 Å². The molecule has 0 bridgehead atoms. The first kappa shape index (κ1) is 39.8. The number of unbranched alkanes of at least 4 members (excludes halogenated alkanes) is 2. The molecule has 0 aromatic heterocycles. The van der Waals surface area contributed by atoms with Gasteiger partial charge in [0.25, 0.3) is 0 Å². The highest BCUT2D eigenvalue weighted by Gasteiger charge is 2.43. The van der Waals surface area contributed by atoms with Gasteiger partial charge >= 0.3 is 12.1 Å². The molecule has 17 heteroatoms. The summed E-state index contributed by atoms with van der Waals surface area (Å²) in [6, 6.07) is 0.805. The van der Waals surface area contributed by atoms with Crippen LogP contribution in [0.25, 0.3) is 0 Å². The molecular weight excluding hydrogens is 677 g/mol. The lowest BCUT2D eigenvalue weighted by Gasteiger charge is -2.16. The molecule has 4 saturated heterocycles. The summed E-state index contributed by atoms with van der Waals surface area (Å²) in [7, 11) is 0. The second kappa shape index (κ2) is 23.5. The van der Waals surface area contributed by atoms with Crippen molar-refractivity contribution < 1.29 is 42.9 Å². The molecule has 0 aromatic rings. The minimum Gasteiger partial charge on any atom is -0.377 e. The van der Waals surface area contributed by atoms with Gasteiger partial charge in [0.05, 0.1) is 90.2 Å². The summed E-state index contributed by atoms with van der Waals surface area (Å²) in [4.78, 5) is 47.0. The number of nitrogens with one attached hydrogen (secondary N) is 6. The fourth-order valence-corrected chi connectivity index (χ4v) is 9.32. The molecule has 49 heavy (non-hydrogen) atoms. The monoisotopic (exact) mass is 732 g/mol. The third kappa shape index (κ3) is 15.4. The number of urea groups is 2. The molecule has 6 N–H and O–H groups in total. The fraction of sp³-hybridized carbons (Fsp3) is 0.875. The van der Waals surface area contributed by atoms with Gasteiger partial charge in [-0.3, -0.25) is 9.59 Å². The lowest BCUT2D eigenvalue weighted by atomic mass is 10.0. The molecule has 0 unspecified atom stereocenters. The Bertz CT molecular complexity index is 942. The normalized spacial score (nSPS) is 25.3. The number of fused-ring (bicyclic) bond motifs is 2. The molecule has 0 radical (unpaired) electrons. The molecule has 6 atom stereocenters. The highest BCUT2D eigenvalue weighted by atomic mass is 32.2. The second-order valence-corrected chi connectivity index (χ2v) is 15.0. The topological polar surface area (TPSA) is 187 Å². The summed E-state index contributed by atoms with van der Waals surface area (Å²) >= 11 is 3.80. The molecule has 0 aliphatic carbocycles. The average Bonchev–Trinajstić information content (AvgIpc) is 3.84. The van der Waals surface area contributed by atoms with Crippen LogP contribution in [0.1, 0.15) is 51.4 Å². The highest BCUT2D eigenvalue weighted by molar-refractivity contribution is 8.00. The van der Waals surface area contributed by atoms with E-state index in [0.717, 1.165) is 50.0 Å². The number of carbonyl (C=O) groups is 4. The van der Waals surface area contributed by atoms with Gasteiger partial charge in [-0.15, -0.1) is 0 Å². The Kier molecular flexibility index (Phi) is 19.0. The van der Waals surface area contributed by atoms with Gasteiger partial charge < -0.3 is 55.6 Å². The molecule has 4 fully saturated rings. The summed E-state index contributed by atoms with van der Waals surface area (Å²) in [6.07, 6.45) is 6.65. The standard InChI is InChI=1S/C32H56N6O9S2/c39-27(7-3-1-5-25-29-23(21-48-25)35-31(41)37-29)33-9-11-43-13-15-45-17-19-47-20-18-46-16-14-44-12-10-34-28(40)8-4-2-6-26-30-24(22-49-26)36-32(42)38-30/h23-26,29-30H,1-22H2,(H,33,39)(H,34,40)(H2,35,37,41)(H2,36,38,42)/t23-,24-,25-,26+,29-,30-/m0/s1. The van der Waals surface area contributed by atoms with Gasteiger partial charge in [-0.05, 0) is 25.7 Å². The van der Waals surface area contributed by atoms with Crippen LogP contribution in [0.15, 0.2) is 0 Å². The van der Waals surface area contributed by atoms with E-state index in [1.165, 1.54) is 0 Å². The van der Waals surface area contributed by atoms with E-state index in [1.54, 1.807) is 0 Å². The quantitative estimate of drug-likeness (QED) is 0.0493. The van der Waals surface area contributed by atoms with Crippen molar-refractivity contribution in [3.8, 4) is 0 Å². The SMILES string of the molecule is O=C(CCCC[C@@H]1SC[C@@H]2NC(=O)N[C@@H]21)NCCOCCOCCOCCOCCOCCNC(=O)CCCC[C@H]1SC[C@@H]2NC(=O)N[C@@H]21. The van der Waals surface area contributed by atoms with Crippen molar-refractivity contribution in [2.75, 3.05) is 90.7 Å². The molecule has 4 rings (SSSR count). The number of hydrogen-bond donors (Lipinski definition) is 6. The third-order valence-corrected chi connectivity index (χ3v) is 11.8. The van der Waals surface area contributed by atoms with Gasteiger partial charge in [0.1, 0.15) is 0 Å². The maximum Gasteiger partial charge on any atom is 0.315 e. The largest absolute Gasteiger partial charge is 0.377 e. The van der Waals surface area contributed by atoms with Crippen LogP contribution in [0.4, 0.5) is 9.59 Å². The van der Waals surface area contributed by atoms with Gasteiger partial charge in [-0.2, -0.15) is 23.5 Å². The van der Waals surface area contributed by atoms with Crippen LogP contribution >= 0.6 is 23.5 Å². The number of carbonyl (C=O) groups excluding carboxylic acids is 4. The Hall–Kier alpha value is -2.02. The average molecular weight is 733 g/mol. The molecule has 280 valence electrons. The first-order valence-electron chi connectivity index (χ1n) is 17.8. The zero-order valence-electron chi connectivity index (χ0n) is 28.5. The van der Waals surface area contributed by atoms with Crippen molar-refractivity contribution >= 4 is 47.4 Å². The maximum atomic E-state index is 12.0. The molecule has 4 aliphatic rings. The van der Waals surface area contributed by atoms with Crippen molar-refractivity contribution in [2.45, 2.75) is 86.0 Å². The van der Waals surface area contributed by atoms with E-state index in [2.05, 4.69) is 31.9 Å². The molecular formula is C32H56N6O9S2. The zero-order valence-corrected chi connectivity index (χ0v) is 30.1. The van der Waals surface area contributed by atoms with E-state index in [1.807, 2.05) is 23.5 Å². The van der Waals surface area contributed by atoms with E-state index in [0.29, 0.717) is 102 Å². The number of thioether (sulfide) groups is 2. The first-order chi connectivity index (χ1) is 24.0. The number of ether oxygens (including phenoxy) is 5. The van der Waals surface area contributed by atoms with Crippen LogP contribution in [0.2, 0.25) is 0 Å². The highest BCUT2D eigenvalue weighted by Crippen LogP contribution is 2.34. The van der Waals surface area contributed by atoms with Gasteiger partial charge in [0, 0.05) is 47.9 Å². The summed E-state index contributed by atoms with van der Waals surface area (Å²) in [5, 5.41) is 18.6. The Morgan fingerprint density at radius 3 is 1.31 bits per heavy atom. The predicted octanol–water partition coefficient (Wildman–Crippen LogP) is 0.753. The molecule has 15 nitrogen and oxygen atoms in total.